The molecule has 0 aromatic carbocycles. The van der Waals surface area contributed by atoms with Crippen molar-refractivity contribution in [1.29, 1.82) is 0 Å². The average Bonchev–Trinajstić information content (AvgIpc) is 2.69. The number of aromatic nitrogens is 3. The Morgan fingerprint density at radius 3 is 2.80 bits per heavy atom. The molecular weight excluding hydrogens is 234 g/mol. The van der Waals surface area contributed by atoms with Gasteiger partial charge in [0.05, 0.1) is 0 Å². The van der Waals surface area contributed by atoms with Crippen molar-refractivity contribution in [3.63, 3.8) is 0 Å². The van der Waals surface area contributed by atoms with Crippen LogP contribution in [0.5, 0.6) is 0 Å². The van der Waals surface area contributed by atoms with Crippen molar-refractivity contribution in [2.75, 3.05) is 29.2 Å². The molecule has 0 aliphatic carbocycles. The first-order chi connectivity index (χ1) is 7.28. The van der Waals surface area contributed by atoms with Crippen LogP contribution in [0.25, 0.3) is 0 Å². The zero-order valence-corrected chi connectivity index (χ0v) is 9.90. The fourth-order valence-electron chi connectivity index (χ4n) is 1.36. The lowest BCUT2D eigenvalue weighted by molar-refractivity contribution is 0.795. The molecule has 1 aliphatic rings. The van der Waals surface area contributed by atoms with Crippen LogP contribution in [0.15, 0.2) is 0 Å². The quantitative estimate of drug-likeness (QED) is 0.841. The zero-order valence-electron chi connectivity index (χ0n) is 8.33. The van der Waals surface area contributed by atoms with Gasteiger partial charge in [0.15, 0.2) is 0 Å². The maximum atomic E-state index is 5.77. The standard InChI is InChI=1S/C8H12ClN5S/c1-10-7-12-6(9)13-8(14-7)11-5-2-3-15-4-5/h5H,2-4H2,1H3,(H2,10,11,12,13,14). The van der Waals surface area contributed by atoms with Crippen molar-refractivity contribution < 1.29 is 0 Å². The summed E-state index contributed by atoms with van der Waals surface area (Å²) in [4.78, 5) is 12.1. The second-order valence-electron chi connectivity index (χ2n) is 3.21. The Balaban J connectivity index is 2.09. The summed E-state index contributed by atoms with van der Waals surface area (Å²) in [6, 6.07) is 0.443. The molecule has 15 heavy (non-hydrogen) atoms. The molecule has 0 radical (unpaired) electrons. The van der Waals surface area contributed by atoms with Crippen LogP contribution in [0.4, 0.5) is 11.9 Å². The van der Waals surface area contributed by atoms with E-state index in [1.165, 1.54) is 5.75 Å². The van der Waals surface area contributed by atoms with Gasteiger partial charge in [0.1, 0.15) is 0 Å². The van der Waals surface area contributed by atoms with Gasteiger partial charge >= 0.3 is 0 Å². The molecule has 2 heterocycles. The normalized spacial score (nSPS) is 20.3. The molecule has 0 bridgehead atoms. The summed E-state index contributed by atoms with van der Waals surface area (Å²) in [6.45, 7) is 0. The van der Waals surface area contributed by atoms with Crippen molar-refractivity contribution >= 4 is 35.3 Å². The van der Waals surface area contributed by atoms with Crippen molar-refractivity contribution in [3.05, 3.63) is 5.28 Å². The van der Waals surface area contributed by atoms with E-state index in [0.717, 1.165) is 12.2 Å². The van der Waals surface area contributed by atoms with Gasteiger partial charge in [0, 0.05) is 18.8 Å². The maximum absolute atomic E-state index is 5.77. The minimum absolute atomic E-state index is 0.211. The molecule has 0 amide bonds. The van der Waals surface area contributed by atoms with Gasteiger partial charge in [-0.1, -0.05) is 0 Å². The molecule has 5 nitrogen and oxygen atoms in total. The first-order valence-electron chi connectivity index (χ1n) is 4.71. The third kappa shape index (κ3) is 2.85. The summed E-state index contributed by atoms with van der Waals surface area (Å²) < 4.78 is 0. The Hall–Kier alpha value is -0.750. The number of thioether (sulfide) groups is 1. The Morgan fingerprint density at radius 1 is 1.33 bits per heavy atom. The first kappa shape index (κ1) is 10.8. The summed E-state index contributed by atoms with van der Waals surface area (Å²) in [5, 5.41) is 6.30. The van der Waals surface area contributed by atoms with Crippen LogP contribution in [-0.2, 0) is 0 Å². The Morgan fingerprint density at radius 2 is 2.13 bits per heavy atom. The van der Waals surface area contributed by atoms with Gasteiger partial charge in [0.25, 0.3) is 0 Å². The number of rotatable bonds is 3. The van der Waals surface area contributed by atoms with Crippen LogP contribution in [0.3, 0.4) is 0 Å². The lowest BCUT2D eigenvalue weighted by atomic mass is 10.3. The highest BCUT2D eigenvalue weighted by atomic mass is 35.5. The zero-order chi connectivity index (χ0) is 10.7. The lowest BCUT2D eigenvalue weighted by Gasteiger charge is -2.11. The summed E-state index contributed by atoms with van der Waals surface area (Å²) >= 11 is 7.70. The predicted molar refractivity (Wildman–Crippen MR) is 63.7 cm³/mol. The van der Waals surface area contributed by atoms with Crippen LogP contribution in [0.1, 0.15) is 6.42 Å². The molecule has 2 N–H and O–H groups in total. The molecule has 1 aromatic rings. The van der Waals surface area contributed by atoms with E-state index in [4.69, 9.17) is 11.6 Å². The molecule has 0 saturated carbocycles. The number of anilines is 2. The Bertz CT molecular complexity index is 342. The minimum atomic E-state index is 0.211. The van der Waals surface area contributed by atoms with Gasteiger partial charge in [-0.25, -0.2) is 0 Å². The molecule has 82 valence electrons. The van der Waals surface area contributed by atoms with Gasteiger partial charge in [-0.3, -0.25) is 0 Å². The molecule has 1 aromatic heterocycles. The smallest absolute Gasteiger partial charge is 0.229 e. The number of nitrogens with zero attached hydrogens (tertiary/aromatic N) is 3. The van der Waals surface area contributed by atoms with Crippen LogP contribution < -0.4 is 10.6 Å². The van der Waals surface area contributed by atoms with Crippen molar-refractivity contribution in [2.45, 2.75) is 12.5 Å². The molecule has 2 rings (SSSR count). The van der Waals surface area contributed by atoms with E-state index in [1.807, 2.05) is 11.8 Å². The van der Waals surface area contributed by atoms with Crippen molar-refractivity contribution in [1.82, 2.24) is 15.0 Å². The predicted octanol–water partition coefficient (Wildman–Crippen LogP) is 1.48. The molecule has 7 heteroatoms. The molecule has 0 spiro atoms. The highest BCUT2D eigenvalue weighted by Gasteiger charge is 2.16. The van der Waals surface area contributed by atoms with E-state index in [0.29, 0.717) is 17.9 Å². The van der Waals surface area contributed by atoms with Crippen molar-refractivity contribution in [2.24, 2.45) is 0 Å². The van der Waals surface area contributed by atoms with E-state index in [-0.39, 0.29) is 5.28 Å². The topological polar surface area (TPSA) is 62.7 Å². The fourth-order valence-corrected chi connectivity index (χ4v) is 2.67. The van der Waals surface area contributed by atoms with E-state index in [1.54, 1.807) is 7.05 Å². The van der Waals surface area contributed by atoms with E-state index in [2.05, 4.69) is 25.6 Å². The second kappa shape index (κ2) is 4.85. The number of hydrogen-bond acceptors (Lipinski definition) is 6. The Kier molecular flexibility index (Phi) is 3.48. The third-order valence-corrected chi connectivity index (χ3v) is 3.43. The number of halogens is 1. The van der Waals surface area contributed by atoms with E-state index >= 15 is 0 Å². The highest BCUT2D eigenvalue weighted by Crippen LogP contribution is 2.20. The highest BCUT2D eigenvalue weighted by molar-refractivity contribution is 7.99. The summed E-state index contributed by atoms with van der Waals surface area (Å²) in [5.41, 5.74) is 0. The second-order valence-corrected chi connectivity index (χ2v) is 4.69. The molecule has 1 unspecified atom stereocenters. The van der Waals surface area contributed by atoms with E-state index in [9.17, 15) is 0 Å². The number of nitrogens with one attached hydrogen (secondary N) is 2. The van der Waals surface area contributed by atoms with Gasteiger partial charge in [-0.2, -0.15) is 26.7 Å². The summed E-state index contributed by atoms with van der Waals surface area (Å²) in [5.74, 6) is 3.32. The first-order valence-corrected chi connectivity index (χ1v) is 6.25. The largest absolute Gasteiger partial charge is 0.357 e. The van der Waals surface area contributed by atoms with Crippen LogP contribution in [-0.4, -0.2) is 39.5 Å². The van der Waals surface area contributed by atoms with E-state index < -0.39 is 0 Å². The Labute approximate surface area is 97.4 Å². The SMILES string of the molecule is CNc1nc(Cl)nc(NC2CCSC2)n1. The van der Waals surface area contributed by atoms with Crippen molar-refractivity contribution in [3.8, 4) is 0 Å². The monoisotopic (exact) mass is 245 g/mol. The average molecular weight is 246 g/mol. The summed E-state index contributed by atoms with van der Waals surface area (Å²) in [7, 11) is 1.75. The third-order valence-electron chi connectivity index (χ3n) is 2.09. The summed E-state index contributed by atoms with van der Waals surface area (Å²) in [6.07, 6.45) is 1.14. The number of hydrogen-bond donors (Lipinski definition) is 2. The van der Waals surface area contributed by atoms with Gasteiger partial charge in [-0.15, -0.1) is 0 Å². The molecular formula is C8H12ClN5S. The maximum Gasteiger partial charge on any atom is 0.229 e. The molecule has 1 aliphatic heterocycles. The minimum Gasteiger partial charge on any atom is -0.357 e. The lowest BCUT2D eigenvalue weighted by Crippen LogP contribution is -2.20. The van der Waals surface area contributed by atoms with Crippen LogP contribution in [0.2, 0.25) is 5.28 Å². The fraction of sp³-hybridized carbons (Fsp3) is 0.625. The molecule has 1 saturated heterocycles. The van der Waals surface area contributed by atoms with Gasteiger partial charge in [0.2, 0.25) is 17.2 Å². The van der Waals surface area contributed by atoms with Gasteiger partial charge in [-0.05, 0) is 23.8 Å². The van der Waals surface area contributed by atoms with Gasteiger partial charge < -0.3 is 10.6 Å². The molecule has 1 fully saturated rings. The van der Waals surface area contributed by atoms with Crippen LogP contribution in [0, 0.1) is 0 Å². The van der Waals surface area contributed by atoms with Crippen LogP contribution >= 0.6 is 23.4 Å². The molecule has 1 atom stereocenters.